The molecule has 0 bridgehead atoms. The van der Waals surface area contributed by atoms with Gasteiger partial charge in [-0.1, -0.05) is 5.92 Å². The Morgan fingerprint density at radius 2 is 2.16 bits per heavy atom. The van der Waals surface area contributed by atoms with Crippen LogP contribution in [0, 0.1) is 11.8 Å². The van der Waals surface area contributed by atoms with Crippen molar-refractivity contribution in [3.8, 4) is 11.8 Å². The highest BCUT2D eigenvalue weighted by atomic mass is 19.4. The molecule has 2 N–H and O–H groups in total. The lowest BCUT2D eigenvalue weighted by molar-refractivity contribution is -0.141. The van der Waals surface area contributed by atoms with Crippen molar-refractivity contribution in [1.82, 2.24) is 14.2 Å². The minimum atomic E-state index is -4.67. The lowest BCUT2D eigenvalue weighted by atomic mass is 10.1. The monoisotopic (exact) mass is 353 g/mol. The van der Waals surface area contributed by atoms with Crippen LogP contribution in [0.15, 0.2) is 16.9 Å². The first kappa shape index (κ1) is 17.4. The van der Waals surface area contributed by atoms with Crippen LogP contribution in [-0.2, 0) is 12.7 Å². The van der Waals surface area contributed by atoms with Crippen LogP contribution in [-0.4, -0.2) is 33.3 Å². The average Bonchev–Trinajstić information content (AvgIpc) is 2.91. The lowest BCUT2D eigenvalue weighted by Gasteiger charge is -2.32. The van der Waals surface area contributed by atoms with Gasteiger partial charge in [-0.2, -0.15) is 17.7 Å². The number of hydrogen-bond donors (Lipinski definition) is 1. The fourth-order valence-corrected chi connectivity index (χ4v) is 3.05. The molecule has 134 valence electrons. The van der Waals surface area contributed by atoms with Crippen LogP contribution in [0.4, 0.5) is 19.0 Å². The van der Waals surface area contributed by atoms with Gasteiger partial charge >= 0.3 is 6.18 Å². The summed E-state index contributed by atoms with van der Waals surface area (Å²) in [6, 6.07) is 1.98. The number of alkyl halides is 3. The van der Waals surface area contributed by atoms with Gasteiger partial charge in [-0.15, -0.1) is 5.92 Å². The molecule has 2 aromatic rings. The van der Waals surface area contributed by atoms with E-state index >= 15 is 0 Å². The molecule has 1 saturated heterocycles. The number of piperidine rings is 1. The van der Waals surface area contributed by atoms with E-state index < -0.39 is 17.4 Å². The smallest absolute Gasteiger partial charge is 0.355 e. The Labute approximate surface area is 142 Å². The number of anilines is 1. The molecule has 0 aliphatic carbocycles. The highest BCUT2D eigenvalue weighted by Gasteiger charge is 2.34. The molecule has 0 aromatic carbocycles. The Bertz CT molecular complexity index is 903. The molecule has 0 spiro atoms. The summed E-state index contributed by atoms with van der Waals surface area (Å²) < 4.78 is 41.5. The molecule has 0 amide bonds. The summed E-state index contributed by atoms with van der Waals surface area (Å²) in [7, 11) is 0. The van der Waals surface area contributed by atoms with E-state index in [-0.39, 0.29) is 18.2 Å². The quantitative estimate of drug-likeness (QED) is 0.830. The number of aromatic nitrogens is 3. The highest BCUT2D eigenvalue weighted by molar-refractivity contribution is 5.54. The first-order chi connectivity index (χ1) is 11.8. The molecule has 25 heavy (non-hydrogen) atoms. The number of nitrogens with zero attached hydrogens (tertiary/aromatic N) is 4. The molecule has 1 fully saturated rings. The van der Waals surface area contributed by atoms with Crippen molar-refractivity contribution in [3.05, 3.63) is 28.2 Å². The number of fused-ring (bicyclic) bond motifs is 1. The van der Waals surface area contributed by atoms with Crippen LogP contribution in [0.5, 0.6) is 0 Å². The van der Waals surface area contributed by atoms with E-state index in [0.29, 0.717) is 25.0 Å². The largest absolute Gasteiger partial charge is 0.433 e. The second-order valence-corrected chi connectivity index (χ2v) is 5.98. The third kappa shape index (κ3) is 3.35. The molecule has 1 aliphatic heterocycles. The fourth-order valence-electron chi connectivity index (χ4n) is 3.05. The molecular formula is C16H18F3N5O. The molecule has 3 heterocycles. The van der Waals surface area contributed by atoms with E-state index in [1.807, 2.05) is 4.90 Å². The Morgan fingerprint density at radius 3 is 2.80 bits per heavy atom. The van der Waals surface area contributed by atoms with Gasteiger partial charge in [-0.05, 0) is 19.8 Å². The van der Waals surface area contributed by atoms with Gasteiger partial charge < -0.3 is 10.6 Å². The summed E-state index contributed by atoms with van der Waals surface area (Å²) in [6.07, 6.45) is -2.91. The number of halogens is 3. The number of rotatable bonds is 2. The van der Waals surface area contributed by atoms with Crippen molar-refractivity contribution < 1.29 is 13.2 Å². The van der Waals surface area contributed by atoms with E-state index in [0.717, 1.165) is 17.4 Å². The van der Waals surface area contributed by atoms with Gasteiger partial charge in [0.1, 0.15) is 12.4 Å². The predicted molar refractivity (Wildman–Crippen MR) is 87.3 cm³/mol. The van der Waals surface area contributed by atoms with Crippen LogP contribution < -0.4 is 16.2 Å². The van der Waals surface area contributed by atoms with Crippen LogP contribution >= 0.6 is 0 Å². The first-order valence-corrected chi connectivity index (χ1v) is 7.92. The van der Waals surface area contributed by atoms with Crippen molar-refractivity contribution in [2.24, 2.45) is 5.73 Å². The Hall–Kier alpha value is -2.47. The van der Waals surface area contributed by atoms with Gasteiger partial charge in [0.15, 0.2) is 11.3 Å². The van der Waals surface area contributed by atoms with Gasteiger partial charge in [-0.3, -0.25) is 4.79 Å². The standard InChI is InChI=1S/C16H18F3N5O/c1-2-3-7-23-14(22-6-4-5-11(20)10-22)9-13-21-12(16(17,18)19)8-15(25)24(13)23/h8-9,11H,4-7,10,20H2,1H3/t11-/m1/s1. The van der Waals surface area contributed by atoms with Crippen LogP contribution in [0.1, 0.15) is 25.5 Å². The van der Waals surface area contributed by atoms with Crippen molar-refractivity contribution in [2.45, 2.75) is 38.5 Å². The molecule has 1 aliphatic rings. The van der Waals surface area contributed by atoms with Crippen LogP contribution in [0.3, 0.4) is 0 Å². The molecule has 0 saturated carbocycles. The summed E-state index contributed by atoms with van der Waals surface area (Å²) in [6.45, 7) is 3.11. The first-order valence-electron chi connectivity index (χ1n) is 7.92. The van der Waals surface area contributed by atoms with Crippen molar-refractivity contribution in [3.63, 3.8) is 0 Å². The molecule has 0 unspecified atom stereocenters. The van der Waals surface area contributed by atoms with Crippen molar-refractivity contribution >= 4 is 11.5 Å². The lowest BCUT2D eigenvalue weighted by Crippen LogP contribution is -2.44. The summed E-state index contributed by atoms with van der Waals surface area (Å²) >= 11 is 0. The van der Waals surface area contributed by atoms with Gasteiger partial charge in [0, 0.05) is 31.3 Å². The Balaban J connectivity index is 2.19. The zero-order valence-corrected chi connectivity index (χ0v) is 13.7. The third-order valence-corrected chi connectivity index (χ3v) is 4.16. The maximum absolute atomic E-state index is 12.9. The Morgan fingerprint density at radius 1 is 1.40 bits per heavy atom. The zero-order chi connectivity index (χ0) is 18.2. The van der Waals surface area contributed by atoms with E-state index in [9.17, 15) is 18.0 Å². The maximum atomic E-state index is 12.9. The van der Waals surface area contributed by atoms with Crippen LogP contribution in [0.2, 0.25) is 0 Å². The number of nitrogens with two attached hydrogens (primary N) is 1. The van der Waals surface area contributed by atoms with E-state index in [1.165, 1.54) is 6.07 Å². The second kappa shape index (κ2) is 6.44. The van der Waals surface area contributed by atoms with Crippen molar-refractivity contribution in [2.75, 3.05) is 18.0 Å². The predicted octanol–water partition coefficient (Wildman–Crippen LogP) is 1.47. The maximum Gasteiger partial charge on any atom is 0.433 e. The second-order valence-electron chi connectivity index (χ2n) is 5.98. The molecule has 6 nitrogen and oxygen atoms in total. The summed E-state index contributed by atoms with van der Waals surface area (Å²) in [5.74, 6) is 6.18. The average molecular weight is 353 g/mol. The van der Waals surface area contributed by atoms with E-state index in [2.05, 4.69) is 16.8 Å². The summed E-state index contributed by atoms with van der Waals surface area (Å²) in [5.41, 5.74) is 3.97. The highest BCUT2D eigenvalue weighted by Crippen LogP contribution is 2.28. The van der Waals surface area contributed by atoms with Gasteiger partial charge in [0.25, 0.3) is 5.56 Å². The van der Waals surface area contributed by atoms with E-state index in [4.69, 9.17) is 5.73 Å². The topological polar surface area (TPSA) is 68.6 Å². The van der Waals surface area contributed by atoms with Crippen LogP contribution in [0.25, 0.3) is 5.65 Å². The van der Waals surface area contributed by atoms with E-state index in [1.54, 1.807) is 11.6 Å². The normalized spacial score (nSPS) is 18.3. The molecule has 2 aromatic heterocycles. The third-order valence-electron chi connectivity index (χ3n) is 4.16. The zero-order valence-electron chi connectivity index (χ0n) is 13.7. The number of hydrogen-bond acceptors (Lipinski definition) is 4. The molecule has 1 atom stereocenters. The fraction of sp³-hybridized carbons (Fsp3) is 0.500. The summed E-state index contributed by atoms with van der Waals surface area (Å²) in [5, 5.41) is 0. The minimum Gasteiger partial charge on any atom is -0.355 e. The minimum absolute atomic E-state index is 0.0205. The molecule has 0 radical (unpaired) electrons. The Kier molecular flexibility index (Phi) is 4.47. The molecular weight excluding hydrogens is 335 g/mol. The van der Waals surface area contributed by atoms with Gasteiger partial charge in [0.2, 0.25) is 0 Å². The summed E-state index contributed by atoms with van der Waals surface area (Å²) in [4.78, 5) is 17.9. The van der Waals surface area contributed by atoms with Crippen molar-refractivity contribution in [1.29, 1.82) is 0 Å². The molecule has 3 rings (SSSR count). The molecule has 9 heteroatoms. The van der Waals surface area contributed by atoms with Gasteiger partial charge in [-0.25, -0.2) is 9.67 Å². The van der Waals surface area contributed by atoms with Gasteiger partial charge in [0.05, 0.1) is 0 Å². The SMILES string of the molecule is CC#CCn1c(N2CCC[C@@H](N)C2)cc2nc(C(F)(F)F)cc(=O)n21.